The number of rotatable bonds is 8. The molecule has 6 nitrogen and oxygen atoms in total. The monoisotopic (exact) mass is 389 g/mol. The van der Waals surface area contributed by atoms with Gasteiger partial charge in [0.2, 0.25) is 5.88 Å². The maximum atomic E-state index is 6.16. The van der Waals surface area contributed by atoms with Crippen LogP contribution in [-0.4, -0.2) is 38.6 Å². The Bertz CT molecular complexity index is 760. The van der Waals surface area contributed by atoms with Crippen LogP contribution in [0.15, 0.2) is 30.5 Å². The summed E-state index contributed by atoms with van der Waals surface area (Å²) in [6, 6.07) is 7.22. The number of hydrogen-bond donors (Lipinski definition) is 1. The number of nitrogens with two attached hydrogens (primary N) is 1. The molecule has 0 spiro atoms. The minimum atomic E-state index is -1.70. The summed E-state index contributed by atoms with van der Waals surface area (Å²) in [4.78, 5) is 8.78. The Balaban J connectivity index is 1.91. The van der Waals surface area contributed by atoms with Crippen molar-refractivity contribution in [3.05, 3.63) is 30.5 Å². The molecule has 1 aromatic heterocycles. The van der Waals surface area contributed by atoms with E-state index >= 15 is 0 Å². The molecular weight excluding hydrogens is 358 g/mol. The van der Waals surface area contributed by atoms with Crippen LogP contribution in [0.4, 0.5) is 5.69 Å². The molecule has 0 aliphatic rings. The Hall–Kier alpha value is -2.12. The molecule has 0 saturated carbocycles. The van der Waals surface area contributed by atoms with Crippen molar-refractivity contribution in [3.63, 3.8) is 0 Å². The molecule has 2 N–H and O–H groups in total. The van der Waals surface area contributed by atoms with Gasteiger partial charge >= 0.3 is 0 Å². The van der Waals surface area contributed by atoms with E-state index in [1.165, 1.54) is 0 Å². The van der Waals surface area contributed by atoms with Crippen molar-refractivity contribution in [2.75, 3.05) is 26.1 Å². The molecule has 0 bridgehead atoms. The molecule has 0 atom stereocenters. The highest BCUT2D eigenvalue weighted by molar-refractivity contribution is 6.74. The van der Waals surface area contributed by atoms with Gasteiger partial charge in [0.25, 0.3) is 0 Å². The average molecular weight is 390 g/mol. The highest BCUT2D eigenvalue weighted by atomic mass is 28.4. The summed E-state index contributed by atoms with van der Waals surface area (Å²) >= 11 is 0. The Kier molecular flexibility index (Phi) is 6.83. The van der Waals surface area contributed by atoms with Crippen LogP contribution in [0, 0.1) is 0 Å². The lowest BCUT2D eigenvalue weighted by Gasteiger charge is -2.36. The van der Waals surface area contributed by atoms with E-state index < -0.39 is 8.32 Å². The van der Waals surface area contributed by atoms with Crippen molar-refractivity contribution >= 4 is 14.0 Å². The largest absolute Gasteiger partial charge is 0.495 e. The quantitative estimate of drug-likeness (QED) is 0.406. The molecule has 7 heteroatoms. The number of ether oxygens (including phenoxy) is 2. The van der Waals surface area contributed by atoms with Gasteiger partial charge < -0.3 is 19.6 Å². The van der Waals surface area contributed by atoms with Gasteiger partial charge in [-0.3, -0.25) is 0 Å². The van der Waals surface area contributed by atoms with Crippen LogP contribution in [0.2, 0.25) is 18.1 Å². The van der Waals surface area contributed by atoms with E-state index in [9.17, 15) is 0 Å². The van der Waals surface area contributed by atoms with Crippen LogP contribution in [-0.2, 0) is 4.43 Å². The number of methoxy groups -OCH3 is 1. The van der Waals surface area contributed by atoms with Crippen LogP contribution < -0.4 is 15.2 Å². The molecule has 0 amide bonds. The first-order valence-corrected chi connectivity index (χ1v) is 12.1. The molecule has 2 rings (SSSR count). The molecule has 0 aliphatic carbocycles. The van der Waals surface area contributed by atoms with Crippen LogP contribution in [0.3, 0.4) is 0 Å². The van der Waals surface area contributed by atoms with Gasteiger partial charge in [-0.15, -0.1) is 0 Å². The fraction of sp³-hybridized carbons (Fsp3) is 0.500. The lowest BCUT2D eigenvalue weighted by atomic mass is 10.2. The van der Waals surface area contributed by atoms with E-state index in [4.69, 9.17) is 19.6 Å². The minimum absolute atomic E-state index is 0.218. The second kappa shape index (κ2) is 8.71. The summed E-state index contributed by atoms with van der Waals surface area (Å²) in [5, 5.41) is 0.218. The number of nitrogen functional groups attached to an aromatic ring is 1. The number of aromatic nitrogens is 2. The van der Waals surface area contributed by atoms with Crippen molar-refractivity contribution in [2.45, 2.75) is 45.3 Å². The van der Waals surface area contributed by atoms with E-state index in [1.54, 1.807) is 25.4 Å². The average Bonchev–Trinajstić information content (AvgIpc) is 2.61. The van der Waals surface area contributed by atoms with Gasteiger partial charge in [-0.2, -0.15) is 4.98 Å². The van der Waals surface area contributed by atoms with E-state index in [-0.39, 0.29) is 5.04 Å². The Morgan fingerprint density at radius 3 is 2.52 bits per heavy atom. The molecule has 0 fully saturated rings. The maximum Gasteiger partial charge on any atom is 0.216 e. The van der Waals surface area contributed by atoms with Gasteiger partial charge in [-0.05, 0) is 36.3 Å². The normalized spacial score (nSPS) is 12.1. The van der Waals surface area contributed by atoms with Gasteiger partial charge in [0.05, 0.1) is 19.4 Å². The van der Waals surface area contributed by atoms with Gasteiger partial charge in [0.1, 0.15) is 5.75 Å². The third kappa shape index (κ3) is 5.67. The van der Waals surface area contributed by atoms with Crippen LogP contribution in [0.5, 0.6) is 11.6 Å². The standard InChI is InChI=1S/C20H31N3O3Si/c1-20(2,3)27(5,6)26-13-7-12-25-18-10-11-22-19(23-18)15-8-9-16(21)17(14-15)24-4/h8-11,14H,7,12-13,21H2,1-6H3. The SMILES string of the molecule is COc1cc(-c2nccc(OCCCO[Si](C)(C)C(C)(C)C)n2)ccc1N. The van der Waals surface area contributed by atoms with Crippen molar-refractivity contribution in [1.29, 1.82) is 0 Å². The van der Waals surface area contributed by atoms with Crippen molar-refractivity contribution in [3.8, 4) is 23.0 Å². The van der Waals surface area contributed by atoms with Gasteiger partial charge in [0, 0.05) is 30.9 Å². The van der Waals surface area contributed by atoms with E-state index in [2.05, 4.69) is 43.8 Å². The third-order valence-corrected chi connectivity index (χ3v) is 9.47. The number of anilines is 1. The first kappa shape index (κ1) is 21.2. The molecule has 1 aromatic carbocycles. The van der Waals surface area contributed by atoms with Crippen molar-refractivity contribution < 1.29 is 13.9 Å². The second-order valence-electron chi connectivity index (χ2n) is 7.99. The smallest absolute Gasteiger partial charge is 0.216 e. The molecule has 0 saturated heterocycles. The van der Waals surface area contributed by atoms with Gasteiger partial charge in [0.15, 0.2) is 14.1 Å². The fourth-order valence-electron chi connectivity index (χ4n) is 2.19. The zero-order valence-electron chi connectivity index (χ0n) is 17.2. The molecule has 2 aromatic rings. The summed E-state index contributed by atoms with van der Waals surface area (Å²) in [5.74, 6) is 1.72. The summed E-state index contributed by atoms with van der Waals surface area (Å²) in [7, 11) is -0.119. The summed E-state index contributed by atoms with van der Waals surface area (Å²) < 4.78 is 17.2. The highest BCUT2D eigenvalue weighted by Gasteiger charge is 2.36. The number of benzene rings is 1. The van der Waals surface area contributed by atoms with Crippen molar-refractivity contribution in [2.24, 2.45) is 0 Å². The predicted molar refractivity (Wildman–Crippen MR) is 112 cm³/mol. The number of nitrogens with zero attached hydrogens (tertiary/aromatic N) is 2. The van der Waals surface area contributed by atoms with Crippen LogP contribution in [0.25, 0.3) is 11.4 Å². The molecular formula is C20H31N3O3Si. The van der Waals surface area contributed by atoms with Gasteiger partial charge in [-0.1, -0.05) is 20.8 Å². The zero-order chi connectivity index (χ0) is 20.1. The Morgan fingerprint density at radius 2 is 1.85 bits per heavy atom. The third-order valence-electron chi connectivity index (χ3n) is 4.93. The minimum Gasteiger partial charge on any atom is -0.495 e. The first-order valence-electron chi connectivity index (χ1n) is 9.18. The summed E-state index contributed by atoms with van der Waals surface area (Å²) in [6.07, 6.45) is 2.51. The topological polar surface area (TPSA) is 79.5 Å². The fourth-order valence-corrected chi connectivity index (χ4v) is 3.28. The molecule has 1 heterocycles. The van der Waals surface area contributed by atoms with E-state index in [0.717, 1.165) is 12.0 Å². The summed E-state index contributed by atoms with van der Waals surface area (Å²) in [5.41, 5.74) is 7.27. The zero-order valence-corrected chi connectivity index (χ0v) is 18.2. The Labute approximate surface area is 163 Å². The van der Waals surface area contributed by atoms with Crippen LogP contribution >= 0.6 is 0 Å². The lowest BCUT2D eigenvalue weighted by molar-refractivity contribution is 0.229. The van der Waals surface area contributed by atoms with Crippen molar-refractivity contribution in [1.82, 2.24) is 9.97 Å². The molecule has 0 radical (unpaired) electrons. The molecule has 27 heavy (non-hydrogen) atoms. The molecule has 148 valence electrons. The Morgan fingerprint density at radius 1 is 1.11 bits per heavy atom. The van der Waals surface area contributed by atoms with Gasteiger partial charge in [-0.25, -0.2) is 4.98 Å². The van der Waals surface area contributed by atoms with E-state index in [1.807, 2.05) is 12.1 Å². The first-order chi connectivity index (χ1) is 12.6. The summed E-state index contributed by atoms with van der Waals surface area (Å²) in [6.45, 7) is 12.5. The molecule has 0 unspecified atom stereocenters. The lowest BCUT2D eigenvalue weighted by Crippen LogP contribution is -2.41. The predicted octanol–water partition coefficient (Wildman–Crippen LogP) is 4.53. The highest BCUT2D eigenvalue weighted by Crippen LogP contribution is 2.36. The van der Waals surface area contributed by atoms with E-state index in [0.29, 0.717) is 36.4 Å². The maximum absolute atomic E-state index is 6.16. The second-order valence-corrected chi connectivity index (χ2v) is 12.8. The van der Waals surface area contributed by atoms with Crippen LogP contribution in [0.1, 0.15) is 27.2 Å². The molecule has 0 aliphatic heterocycles. The number of hydrogen-bond acceptors (Lipinski definition) is 6.